The van der Waals surface area contributed by atoms with Gasteiger partial charge in [-0.15, -0.1) is 0 Å². The van der Waals surface area contributed by atoms with Gasteiger partial charge in [0.2, 0.25) is 0 Å². The summed E-state index contributed by atoms with van der Waals surface area (Å²) in [6.45, 7) is 8.54. The molecular formula is C26H31BrN4O. The van der Waals surface area contributed by atoms with Crippen LogP contribution in [-0.2, 0) is 11.8 Å². The SMILES string of the molecule is CN1CC(CNC(=O)c2cncc(Br)c2)C[C@@H]2c3cc(C(C)(C)C)cc4[nH]cc(c34)C[C@H]21. The topological polar surface area (TPSA) is 61.0 Å². The number of hydrogen-bond acceptors (Lipinski definition) is 3. The number of rotatable bonds is 3. The van der Waals surface area contributed by atoms with Crippen LogP contribution in [0.3, 0.4) is 0 Å². The van der Waals surface area contributed by atoms with Crippen LogP contribution in [-0.4, -0.2) is 47.0 Å². The first kappa shape index (κ1) is 21.7. The molecule has 5 rings (SSSR count). The predicted molar refractivity (Wildman–Crippen MR) is 132 cm³/mol. The summed E-state index contributed by atoms with van der Waals surface area (Å²) >= 11 is 3.40. The van der Waals surface area contributed by atoms with Crippen molar-refractivity contribution in [1.82, 2.24) is 20.2 Å². The predicted octanol–water partition coefficient (Wildman–Crippen LogP) is 5.01. The number of likely N-dealkylation sites (tertiary alicyclic amines) is 1. The van der Waals surface area contributed by atoms with E-state index in [2.05, 4.69) is 82.3 Å². The molecule has 1 aliphatic carbocycles. The minimum Gasteiger partial charge on any atom is -0.361 e. The van der Waals surface area contributed by atoms with Crippen molar-refractivity contribution in [2.24, 2.45) is 5.92 Å². The summed E-state index contributed by atoms with van der Waals surface area (Å²) in [5.41, 5.74) is 6.27. The summed E-state index contributed by atoms with van der Waals surface area (Å²) in [6, 6.07) is 7.12. The number of aromatic amines is 1. The van der Waals surface area contributed by atoms with Gasteiger partial charge < -0.3 is 15.2 Å². The molecular weight excluding hydrogens is 464 g/mol. The number of nitrogens with zero attached hydrogens (tertiary/aromatic N) is 2. The molecule has 1 aromatic carbocycles. The van der Waals surface area contributed by atoms with Gasteiger partial charge in [-0.05, 0) is 76.0 Å². The van der Waals surface area contributed by atoms with Gasteiger partial charge in [-0.1, -0.05) is 26.8 Å². The summed E-state index contributed by atoms with van der Waals surface area (Å²) in [6.07, 6.45) is 7.71. The molecule has 1 unspecified atom stereocenters. The number of likely N-dealkylation sites (N-methyl/N-ethyl adjacent to an activating group) is 1. The minimum absolute atomic E-state index is 0.0581. The van der Waals surface area contributed by atoms with E-state index in [-0.39, 0.29) is 11.3 Å². The maximum atomic E-state index is 12.7. The Bertz CT molecular complexity index is 1180. The van der Waals surface area contributed by atoms with Gasteiger partial charge in [-0.25, -0.2) is 0 Å². The van der Waals surface area contributed by atoms with Crippen molar-refractivity contribution < 1.29 is 4.79 Å². The number of halogens is 1. The van der Waals surface area contributed by atoms with Crippen LogP contribution in [0.2, 0.25) is 0 Å². The standard InChI is InChI=1S/C26H31BrN4O/c1-26(2,3)18-8-21-20-5-15(10-30-25(32)17-6-19(27)13-28-11-17)14-31(4)23(20)7-16-12-29-22(9-18)24(16)21/h6,8-9,11-13,15,20,23,29H,5,7,10,14H2,1-4H3,(H,30,32)/t15?,20-,23-/m1/s1. The average molecular weight is 495 g/mol. The molecule has 3 atom stereocenters. The lowest BCUT2D eigenvalue weighted by atomic mass is 9.71. The van der Waals surface area contributed by atoms with Gasteiger partial charge in [-0.3, -0.25) is 9.78 Å². The maximum Gasteiger partial charge on any atom is 0.252 e. The van der Waals surface area contributed by atoms with E-state index in [0.717, 1.165) is 23.9 Å². The van der Waals surface area contributed by atoms with Crippen molar-refractivity contribution in [3.8, 4) is 0 Å². The molecule has 32 heavy (non-hydrogen) atoms. The van der Waals surface area contributed by atoms with Gasteiger partial charge >= 0.3 is 0 Å². The molecule has 6 heteroatoms. The molecule has 5 nitrogen and oxygen atoms in total. The van der Waals surface area contributed by atoms with Crippen molar-refractivity contribution in [1.29, 1.82) is 0 Å². The third kappa shape index (κ3) is 3.88. The highest BCUT2D eigenvalue weighted by Gasteiger charge is 2.40. The number of carbonyl (C=O) groups excluding carboxylic acids is 1. The smallest absolute Gasteiger partial charge is 0.252 e. The molecule has 0 saturated carbocycles. The highest BCUT2D eigenvalue weighted by molar-refractivity contribution is 9.10. The molecule has 1 fully saturated rings. The van der Waals surface area contributed by atoms with Gasteiger partial charge in [0.25, 0.3) is 5.91 Å². The molecule has 2 aromatic heterocycles. The second-order valence-electron chi connectivity index (χ2n) is 10.6. The molecule has 3 aromatic rings. The number of hydrogen-bond donors (Lipinski definition) is 2. The molecule has 0 spiro atoms. The third-order valence-corrected chi connectivity index (χ3v) is 7.70. The van der Waals surface area contributed by atoms with E-state index in [1.165, 1.54) is 27.6 Å². The highest BCUT2D eigenvalue weighted by Crippen LogP contribution is 2.45. The lowest BCUT2D eigenvalue weighted by Crippen LogP contribution is -2.50. The van der Waals surface area contributed by atoms with Crippen LogP contribution in [0, 0.1) is 5.92 Å². The monoisotopic (exact) mass is 494 g/mol. The van der Waals surface area contributed by atoms with Gasteiger partial charge in [-0.2, -0.15) is 0 Å². The van der Waals surface area contributed by atoms with Crippen LogP contribution >= 0.6 is 15.9 Å². The van der Waals surface area contributed by atoms with E-state index in [1.807, 2.05) is 6.07 Å². The van der Waals surface area contributed by atoms with Gasteiger partial charge in [0.1, 0.15) is 0 Å². The third-order valence-electron chi connectivity index (χ3n) is 7.27. The van der Waals surface area contributed by atoms with E-state index < -0.39 is 0 Å². The van der Waals surface area contributed by atoms with E-state index in [9.17, 15) is 4.79 Å². The van der Waals surface area contributed by atoms with Crippen LogP contribution in [0.5, 0.6) is 0 Å². The Kier molecular flexibility index (Phi) is 5.41. The lowest BCUT2D eigenvalue weighted by molar-refractivity contribution is 0.0890. The van der Waals surface area contributed by atoms with Crippen LogP contribution < -0.4 is 5.32 Å². The number of benzene rings is 1. The quantitative estimate of drug-likeness (QED) is 0.537. The summed E-state index contributed by atoms with van der Waals surface area (Å²) in [5, 5.41) is 4.58. The molecule has 0 bridgehead atoms. The van der Waals surface area contributed by atoms with E-state index in [1.54, 1.807) is 12.4 Å². The first-order valence-corrected chi connectivity index (χ1v) is 12.2. The van der Waals surface area contributed by atoms with Crippen molar-refractivity contribution in [3.63, 3.8) is 0 Å². The number of amides is 1. The molecule has 1 amide bonds. The molecule has 0 radical (unpaired) electrons. The molecule has 168 valence electrons. The molecule has 1 aliphatic heterocycles. The fourth-order valence-corrected chi connectivity index (χ4v) is 5.95. The van der Waals surface area contributed by atoms with E-state index >= 15 is 0 Å². The number of pyridine rings is 1. The number of piperidine rings is 1. The number of carbonyl (C=O) groups is 1. The largest absolute Gasteiger partial charge is 0.361 e. The normalized spacial score (nSPS) is 23.2. The zero-order valence-corrected chi connectivity index (χ0v) is 20.8. The van der Waals surface area contributed by atoms with Crippen LogP contribution in [0.4, 0.5) is 0 Å². The second kappa shape index (κ2) is 7.99. The van der Waals surface area contributed by atoms with Crippen molar-refractivity contribution in [2.75, 3.05) is 20.1 Å². The number of fused-ring (bicyclic) bond motifs is 2. The van der Waals surface area contributed by atoms with Gasteiger partial charge in [0, 0.05) is 59.0 Å². The lowest BCUT2D eigenvalue weighted by Gasteiger charge is -2.46. The maximum absolute atomic E-state index is 12.7. The molecule has 3 heterocycles. The van der Waals surface area contributed by atoms with Crippen LogP contribution in [0.25, 0.3) is 10.9 Å². The van der Waals surface area contributed by atoms with Crippen molar-refractivity contribution in [3.05, 3.63) is 63.5 Å². The average Bonchev–Trinajstić information content (AvgIpc) is 3.16. The Morgan fingerprint density at radius 3 is 2.84 bits per heavy atom. The van der Waals surface area contributed by atoms with Crippen molar-refractivity contribution >= 4 is 32.7 Å². The summed E-state index contributed by atoms with van der Waals surface area (Å²) in [7, 11) is 2.24. The van der Waals surface area contributed by atoms with E-state index in [4.69, 9.17) is 0 Å². The molecule has 2 aliphatic rings. The first-order chi connectivity index (χ1) is 15.2. The Morgan fingerprint density at radius 1 is 1.28 bits per heavy atom. The highest BCUT2D eigenvalue weighted by atomic mass is 79.9. The number of H-pyrrole nitrogens is 1. The summed E-state index contributed by atoms with van der Waals surface area (Å²) < 4.78 is 0.817. The second-order valence-corrected chi connectivity index (χ2v) is 11.5. The van der Waals surface area contributed by atoms with Crippen molar-refractivity contribution in [2.45, 2.75) is 51.0 Å². The minimum atomic E-state index is -0.0581. The summed E-state index contributed by atoms with van der Waals surface area (Å²) in [4.78, 5) is 22.8. The Labute approximate surface area is 198 Å². The van der Waals surface area contributed by atoms with Crippen LogP contribution in [0.1, 0.15) is 60.2 Å². The number of aromatic nitrogens is 2. The van der Waals surface area contributed by atoms with Gasteiger partial charge in [0.05, 0.1) is 5.56 Å². The Balaban J connectivity index is 1.40. The Hall–Kier alpha value is -2.18. The summed E-state index contributed by atoms with van der Waals surface area (Å²) in [5.74, 6) is 0.840. The van der Waals surface area contributed by atoms with Gasteiger partial charge in [0.15, 0.2) is 0 Å². The van der Waals surface area contributed by atoms with Crippen LogP contribution in [0.15, 0.2) is 41.3 Å². The molecule has 2 N–H and O–H groups in total. The Morgan fingerprint density at radius 2 is 2.09 bits per heavy atom. The zero-order valence-electron chi connectivity index (χ0n) is 19.2. The fraction of sp³-hybridized carbons (Fsp3) is 0.462. The first-order valence-electron chi connectivity index (χ1n) is 11.4. The molecule has 1 saturated heterocycles. The number of nitrogens with one attached hydrogen (secondary N) is 2. The van der Waals surface area contributed by atoms with E-state index in [0.29, 0.717) is 30.0 Å². The zero-order chi connectivity index (χ0) is 22.6. The fourth-order valence-electron chi connectivity index (χ4n) is 5.58.